The van der Waals surface area contributed by atoms with Gasteiger partial charge in [-0.15, -0.1) is 0 Å². The second-order valence-electron chi connectivity index (χ2n) is 6.61. The molecule has 30 heavy (non-hydrogen) atoms. The Balaban J connectivity index is 1.77. The zero-order valence-electron chi connectivity index (χ0n) is 16.5. The number of benzene rings is 2. The Bertz CT molecular complexity index is 1210. The van der Waals surface area contributed by atoms with Crippen LogP contribution in [0, 0.1) is 18.6 Å². The lowest BCUT2D eigenvalue weighted by atomic mass is 10.2. The summed E-state index contributed by atoms with van der Waals surface area (Å²) >= 11 is 0. The molecule has 0 radical (unpaired) electrons. The molecule has 0 fully saturated rings. The highest BCUT2D eigenvalue weighted by molar-refractivity contribution is 5.98. The van der Waals surface area contributed by atoms with Crippen LogP contribution in [0.1, 0.15) is 29.9 Å². The van der Waals surface area contributed by atoms with Gasteiger partial charge in [0, 0.05) is 12.6 Å². The minimum atomic E-state index is -1.24. The van der Waals surface area contributed by atoms with Crippen molar-refractivity contribution in [1.29, 1.82) is 0 Å². The van der Waals surface area contributed by atoms with Crippen LogP contribution in [-0.4, -0.2) is 27.5 Å². The van der Waals surface area contributed by atoms with Crippen molar-refractivity contribution in [2.75, 3.05) is 5.32 Å². The van der Waals surface area contributed by atoms with E-state index in [-0.39, 0.29) is 16.8 Å². The fraction of sp³-hybridized carbons (Fsp3) is 0.238. The van der Waals surface area contributed by atoms with Gasteiger partial charge in [0.2, 0.25) is 0 Å². The van der Waals surface area contributed by atoms with Gasteiger partial charge in [-0.1, -0.05) is 0 Å². The lowest BCUT2D eigenvalue weighted by Crippen LogP contribution is -2.30. The maximum Gasteiger partial charge on any atom is 0.338 e. The van der Waals surface area contributed by atoms with Crippen LogP contribution in [0.5, 0.6) is 0 Å². The third-order valence-corrected chi connectivity index (χ3v) is 4.50. The van der Waals surface area contributed by atoms with Crippen molar-refractivity contribution < 1.29 is 23.1 Å². The number of anilines is 1. The van der Waals surface area contributed by atoms with E-state index in [0.717, 1.165) is 12.1 Å². The fourth-order valence-electron chi connectivity index (χ4n) is 2.92. The number of aryl methyl sites for hydroxylation is 2. The van der Waals surface area contributed by atoms with Gasteiger partial charge in [-0.3, -0.25) is 9.59 Å². The Morgan fingerprint density at radius 1 is 1.20 bits per heavy atom. The summed E-state index contributed by atoms with van der Waals surface area (Å²) < 4.78 is 33.3. The predicted octanol–water partition coefficient (Wildman–Crippen LogP) is 3.19. The Morgan fingerprint density at radius 3 is 2.60 bits per heavy atom. The number of aromatic nitrogens is 2. The molecule has 0 aliphatic carbocycles. The first-order valence-corrected chi connectivity index (χ1v) is 9.19. The second-order valence-corrected chi connectivity index (χ2v) is 6.61. The van der Waals surface area contributed by atoms with Gasteiger partial charge in [0.05, 0.1) is 22.3 Å². The molecular weight excluding hydrogens is 396 g/mol. The Kier molecular flexibility index (Phi) is 5.91. The molecule has 1 aromatic heterocycles. The molecular formula is C21H19F2N3O4. The number of amides is 1. The van der Waals surface area contributed by atoms with Crippen molar-refractivity contribution >= 4 is 28.6 Å². The van der Waals surface area contributed by atoms with Crippen LogP contribution < -0.4 is 10.9 Å². The monoisotopic (exact) mass is 415 g/mol. The van der Waals surface area contributed by atoms with E-state index < -0.39 is 29.6 Å². The van der Waals surface area contributed by atoms with E-state index >= 15 is 0 Å². The number of nitrogens with one attached hydrogen (secondary N) is 1. The molecule has 0 saturated heterocycles. The molecule has 1 heterocycles. The zero-order chi connectivity index (χ0) is 22.0. The Labute approximate surface area is 170 Å². The molecule has 0 bridgehead atoms. The quantitative estimate of drug-likeness (QED) is 0.647. The van der Waals surface area contributed by atoms with Gasteiger partial charge >= 0.3 is 5.97 Å². The molecule has 1 atom stereocenters. The lowest BCUT2D eigenvalue weighted by molar-refractivity contribution is -0.123. The minimum absolute atomic E-state index is 0.142. The molecule has 7 nitrogen and oxygen atoms in total. The number of halogens is 2. The van der Waals surface area contributed by atoms with E-state index in [9.17, 15) is 23.2 Å². The van der Waals surface area contributed by atoms with Crippen LogP contribution in [0.3, 0.4) is 0 Å². The number of carbonyl (C=O) groups is 2. The summed E-state index contributed by atoms with van der Waals surface area (Å²) in [6.07, 6.45) is -1.24. The largest absolute Gasteiger partial charge is 0.449 e. The molecule has 0 aliphatic heterocycles. The van der Waals surface area contributed by atoms with Gasteiger partial charge in [0.15, 0.2) is 6.10 Å². The number of fused-ring (bicyclic) bond motifs is 1. The summed E-state index contributed by atoms with van der Waals surface area (Å²) in [5, 5.41) is 2.24. The van der Waals surface area contributed by atoms with Gasteiger partial charge in [-0.25, -0.2) is 18.6 Å². The van der Waals surface area contributed by atoms with Crippen LogP contribution in [0.15, 0.2) is 41.2 Å². The van der Waals surface area contributed by atoms with Crippen molar-refractivity contribution in [3.63, 3.8) is 0 Å². The summed E-state index contributed by atoms with van der Waals surface area (Å²) in [5.74, 6) is -3.28. The average molecular weight is 415 g/mol. The van der Waals surface area contributed by atoms with Gasteiger partial charge in [0.1, 0.15) is 17.3 Å². The van der Waals surface area contributed by atoms with Crippen LogP contribution in [0.25, 0.3) is 11.0 Å². The topological polar surface area (TPSA) is 90.3 Å². The molecule has 2 aromatic carbocycles. The van der Waals surface area contributed by atoms with Gasteiger partial charge in [0.25, 0.3) is 11.5 Å². The van der Waals surface area contributed by atoms with Gasteiger partial charge in [-0.2, -0.15) is 0 Å². The molecule has 3 aromatic rings. The zero-order valence-corrected chi connectivity index (χ0v) is 16.5. The Hall–Kier alpha value is -3.62. The number of hydrogen-bond donors (Lipinski definition) is 1. The molecule has 0 spiro atoms. The number of rotatable bonds is 5. The molecule has 1 N–H and O–H groups in total. The van der Waals surface area contributed by atoms with Crippen LogP contribution in [0.4, 0.5) is 14.5 Å². The first kappa shape index (κ1) is 21.1. The van der Waals surface area contributed by atoms with Crippen molar-refractivity contribution in [3.8, 4) is 0 Å². The summed E-state index contributed by atoms with van der Waals surface area (Å²) in [6, 6.07) is 7.23. The molecule has 0 saturated carbocycles. The molecule has 0 unspecified atom stereocenters. The van der Waals surface area contributed by atoms with Gasteiger partial charge < -0.3 is 14.6 Å². The lowest BCUT2D eigenvalue weighted by Gasteiger charge is -2.14. The number of nitrogens with zero attached hydrogens (tertiary/aromatic N) is 2. The van der Waals surface area contributed by atoms with Crippen LogP contribution in [-0.2, 0) is 16.1 Å². The van der Waals surface area contributed by atoms with E-state index in [4.69, 9.17) is 4.74 Å². The summed E-state index contributed by atoms with van der Waals surface area (Å²) in [7, 11) is 0. The third-order valence-electron chi connectivity index (χ3n) is 4.50. The fourth-order valence-corrected chi connectivity index (χ4v) is 2.92. The maximum atomic E-state index is 13.7. The van der Waals surface area contributed by atoms with Crippen molar-refractivity contribution in [2.45, 2.75) is 33.4 Å². The summed E-state index contributed by atoms with van der Waals surface area (Å²) in [4.78, 5) is 41.0. The molecule has 156 valence electrons. The first-order valence-electron chi connectivity index (χ1n) is 9.19. The number of esters is 1. The number of hydrogen-bond acceptors (Lipinski definition) is 5. The SMILES string of the molecule is CCn1c(=O)c(C)nc2cc(C(=O)O[C@H](C)C(=O)Nc3ccc(F)cc3F)ccc21. The minimum Gasteiger partial charge on any atom is -0.449 e. The van der Waals surface area contributed by atoms with Crippen molar-refractivity contribution in [3.05, 3.63) is 69.6 Å². The smallest absolute Gasteiger partial charge is 0.338 e. The number of carbonyl (C=O) groups excluding carboxylic acids is 2. The summed E-state index contributed by atoms with van der Waals surface area (Å²) in [6.45, 7) is 5.18. The van der Waals surface area contributed by atoms with E-state index in [1.807, 2.05) is 6.92 Å². The standard InChI is InChI=1S/C21H19F2N3O4/c1-4-26-18-8-5-13(9-17(18)24-11(2)20(26)28)21(29)30-12(3)19(27)25-16-7-6-14(22)10-15(16)23/h5-10,12H,4H2,1-3H3,(H,25,27)/t12-/m1/s1. The van der Waals surface area contributed by atoms with Crippen molar-refractivity contribution in [2.24, 2.45) is 0 Å². The molecule has 9 heteroatoms. The highest BCUT2D eigenvalue weighted by Crippen LogP contribution is 2.17. The second kappa shape index (κ2) is 8.40. The molecule has 3 rings (SSSR count). The van der Waals surface area contributed by atoms with Crippen LogP contribution >= 0.6 is 0 Å². The van der Waals surface area contributed by atoms with E-state index in [1.54, 1.807) is 17.6 Å². The highest BCUT2D eigenvalue weighted by atomic mass is 19.1. The van der Waals surface area contributed by atoms with Crippen molar-refractivity contribution in [1.82, 2.24) is 9.55 Å². The third kappa shape index (κ3) is 4.19. The summed E-state index contributed by atoms with van der Waals surface area (Å²) in [5.41, 5.74) is 1.01. The normalized spacial score (nSPS) is 11.9. The molecule has 1 amide bonds. The average Bonchev–Trinajstić information content (AvgIpc) is 2.70. The van der Waals surface area contributed by atoms with Gasteiger partial charge in [-0.05, 0) is 51.1 Å². The molecule has 0 aliphatic rings. The maximum absolute atomic E-state index is 13.7. The highest BCUT2D eigenvalue weighted by Gasteiger charge is 2.21. The van der Waals surface area contributed by atoms with E-state index in [0.29, 0.717) is 29.3 Å². The first-order chi connectivity index (χ1) is 14.2. The van der Waals surface area contributed by atoms with Crippen LogP contribution in [0.2, 0.25) is 0 Å². The van der Waals surface area contributed by atoms with E-state index in [1.165, 1.54) is 19.1 Å². The number of ether oxygens (including phenoxy) is 1. The predicted molar refractivity (Wildman–Crippen MR) is 106 cm³/mol. The Morgan fingerprint density at radius 2 is 1.93 bits per heavy atom. The van der Waals surface area contributed by atoms with E-state index in [2.05, 4.69) is 10.3 Å².